The van der Waals surface area contributed by atoms with E-state index in [-0.39, 0.29) is 10.6 Å². The highest BCUT2D eigenvalue weighted by Crippen LogP contribution is 2.36. The highest BCUT2D eigenvalue weighted by Gasteiger charge is 2.26. The number of nitro benzene ring substituents is 1. The number of benzene rings is 2. The van der Waals surface area contributed by atoms with Crippen molar-refractivity contribution in [1.82, 2.24) is 0 Å². The first-order chi connectivity index (χ1) is 10.2. The number of rotatable bonds is 5. The van der Waals surface area contributed by atoms with Crippen molar-refractivity contribution in [2.75, 3.05) is 19.0 Å². The molecule has 1 unspecified atom stereocenters. The van der Waals surface area contributed by atoms with Gasteiger partial charge in [-0.3, -0.25) is 10.1 Å². The first-order valence-corrected chi connectivity index (χ1v) is 6.83. The van der Waals surface area contributed by atoms with Crippen molar-refractivity contribution in [3.63, 3.8) is 0 Å². The van der Waals surface area contributed by atoms with Gasteiger partial charge in [-0.05, 0) is 29.7 Å². The summed E-state index contributed by atoms with van der Waals surface area (Å²) in [5.74, 6) is 0.907. The zero-order valence-corrected chi connectivity index (χ0v) is 11.7. The highest BCUT2D eigenvalue weighted by molar-refractivity contribution is 5.64. The van der Waals surface area contributed by atoms with Crippen LogP contribution in [-0.2, 0) is 6.42 Å². The molecule has 2 aromatic rings. The number of fused-ring (bicyclic) bond motifs is 1. The maximum absolute atomic E-state index is 11.1. The van der Waals surface area contributed by atoms with Gasteiger partial charge >= 0.3 is 0 Å². The summed E-state index contributed by atoms with van der Waals surface area (Å²) in [5.41, 5.74) is 3.28. The Balaban J connectivity index is 1.73. The smallest absolute Gasteiger partial charge is 0.296 e. The van der Waals surface area contributed by atoms with Gasteiger partial charge in [-0.25, -0.2) is 0 Å². The summed E-state index contributed by atoms with van der Waals surface area (Å²) < 4.78 is 5.03. The van der Waals surface area contributed by atoms with Crippen LogP contribution in [0.1, 0.15) is 17.0 Å². The van der Waals surface area contributed by atoms with Crippen molar-refractivity contribution in [1.29, 1.82) is 0 Å². The van der Waals surface area contributed by atoms with Crippen LogP contribution in [0.25, 0.3) is 0 Å². The zero-order valence-electron chi connectivity index (χ0n) is 11.7. The van der Waals surface area contributed by atoms with E-state index in [1.165, 1.54) is 24.3 Å². The third-order valence-electron chi connectivity index (χ3n) is 3.90. The van der Waals surface area contributed by atoms with Crippen LogP contribution in [0.3, 0.4) is 0 Å². The number of hydrogen-bond acceptors (Lipinski definition) is 4. The van der Waals surface area contributed by atoms with E-state index >= 15 is 0 Å². The Morgan fingerprint density at radius 2 is 2.14 bits per heavy atom. The van der Waals surface area contributed by atoms with Gasteiger partial charge in [0.2, 0.25) is 0 Å². The van der Waals surface area contributed by atoms with Crippen LogP contribution in [0.4, 0.5) is 11.4 Å². The van der Waals surface area contributed by atoms with E-state index < -0.39 is 0 Å². The third-order valence-corrected chi connectivity index (χ3v) is 3.90. The van der Waals surface area contributed by atoms with Gasteiger partial charge in [0, 0.05) is 12.5 Å². The number of ether oxygens (including phenoxy) is 1. The third kappa shape index (κ3) is 2.54. The number of nitrogens with zero attached hydrogens (tertiary/aromatic N) is 1. The predicted octanol–water partition coefficient (Wildman–Crippen LogP) is 3.36. The minimum Gasteiger partial charge on any atom is -0.496 e. The average molecular weight is 284 g/mol. The molecule has 5 heteroatoms. The lowest BCUT2D eigenvalue weighted by Crippen LogP contribution is -2.24. The molecule has 108 valence electrons. The monoisotopic (exact) mass is 284 g/mol. The van der Waals surface area contributed by atoms with Crippen LogP contribution in [0.15, 0.2) is 42.5 Å². The second kappa shape index (κ2) is 5.44. The molecule has 0 fully saturated rings. The van der Waals surface area contributed by atoms with Gasteiger partial charge in [-0.2, -0.15) is 0 Å². The van der Waals surface area contributed by atoms with Crippen LogP contribution < -0.4 is 10.1 Å². The Morgan fingerprint density at radius 3 is 2.86 bits per heavy atom. The SMILES string of the molecule is COc1ccc(NCC2Cc3ccccc32)c([N+](=O)[O-])c1. The molecule has 0 heterocycles. The van der Waals surface area contributed by atoms with Crippen molar-refractivity contribution in [3.05, 3.63) is 63.7 Å². The van der Waals surface area contributed by atoms with Gasteiger partial charge in [0.1, 0.15) is 11.4 Å². The summed E-state index contributed by atoms with van der Waals surface area (Å²) in [6.07, 6.45) is 1.02. The fourth-order valence-electron chi connectivity index (χ4n) is 2.72. The first-order valence-electron chi connectivity index (χ1n) is 6.83. The fraction of sp³-hybridized carbons (Fsp3) is 0.250. The molecule has 3 rings (SSSR count). The second-order valence-corrected chi connectivity index (χ2v) is 5.12. The van der Waals surface area contributed by atoms with Crippen LogP contribution in [0.2, 0.25) is 0 Å². The molecule has 0 amide bonds. The van der Waals surface area contributed by atoms with E-state index in [0.29, 0.717) is 23.9 Å². The van der Waals surface area contributed by atoms with Crippen molar-refractivity contribution in [2.24, 2.45) is 0 Å². The van der Waals surface area contributed by atoms with Crippen molar-refractivity contribution < 1.29 is 9.66 Å². The Hall–Kier alpha value is -2.56. The molecule has 0 saturated heterocycles. The minimum absolute atomic E-state index is 0.0435. The number of hydrogen-bond donors (Lipinski definition) is 1. The highest BCUT2D eigenvalue weighted by atomic mass is 16.6. The summed E-state index contributed by atoms with van der Waals surface area (Å²) in [5, 5.41) is 14.3. The predicted molar refractivity (Wildman–Crippen MR) is 81.0 cm³/mol. The van der Waals surface area contributed by atoms with Crippen molar-refractivity contribution in [3.8, 4) is 5.75 Å². The van der Waals surface area contributed by atoms with Gasteiger partial charge < -0.3 is 10.1 Å². The molecule has 0 bridgehead atoms. The molecule has 0 aromatic heterocycles. The summed E-state index contributed by atoms with van der Waals surface area (Å²) in [7, 11) is 1.50. The van der Waals surface area contributed by atoms with Gasteiger partial charge in [0.15, 0.2) is 0 Å². The summed E-state index contributed by atoms with van der Waals surface area (Å²) in [6, 6.07) is 13.2. The molecular formula is C16H16N2O3. The lowest BCUT2D eigenvalue weighted by Gasteiger charge is -2.30. The fourth-order valence-corrected chi connectivity index (χ4v) is 2.72. The second-order valence-electron chi connectivity index (χ2n) is 5.12. The van der Waals surface area contributed by atoms with E-state index in [9.17, 15) is 10.1 Å². The van der Waals surface area contributed by atoms with Crippen molar-refractivity contribution >= 4 is 11.4 Å². The van der Waals surface area contributed by atoms with E-state index in [4.69, 9.17) is 4.74 Å². The molecule has 1 N–H and O–H groups in total. The molecule has 5 nitrogen and oxygen atoms in total. The molecule has 21 heavy (non-hydrogen) atoms. The molecule has 2 aromatic carbocycles. The Kier molecular flexibility index (Phi) is 3.48. The molecule has 0 spiro atoms. The Labute approximate surface area is 122 Å². The number of methoxy groups -OCH3 is 1. The van der Waals surface area contributed by atoms with Crippen molar-refractivity contribution in [2.45, 2.75) is 12.3 Å². The van der Waals surface area contributed by atoms with Crippen LogP contribution in [0, 0.1) is 10.1 Å². The van der Waals surface area contributed by atoms with Gasteiger partial charge in [0.05, 0.1) is 18.1 Å². The quantitative estimate of drug-likeness (QED) is 0.675. The maximum Gasteiger partial charge on any atom is 0.296 e. The van der Waals surface area contributed by atoms with Gasteiger partial charge in [-0.1, -0.05) is 24.3 Å². The van der Waals surface area contributed by atoms with Gasteiger partial charge in [-0.15, -0.1) is 0 Å². The molecule has 0 saturated carbocycles. The topological polar surface area (TPSA) is 64.4 Å². The Morgan fingerprint density at radius 1 is 1.33 bits per heavy atom. The summed E-state index contributed by atoms with van der Waals surface area (Å²) in [4.78, 5) is 10.7. The molecule has 0 radical (unpaired) electrons. The largest absolute Gasteiger partial charge is 0.496 e. The summed E-state index contributed by atoms with van der Waals surface area (Å²) >= 11 is 0. The minimum atomic E-state index is -0.389. The van der Waals surface area contributed by atoms with E-state index in [2.05, 4.69) is 17.4 Å². The lowest BCUT2D eigenvalue weighted by atomic mass is 9.77. The van der Waals surface area contributed by atoms with E-state index in [1.807, 2.05) is 12.1 Å². The number of nitro groups is 1. The zero-order chi connectivity index (χ0) is 14.8. The lowest BCUT2D eigenvalue weighted by molar-refractivity contribution is -0.384. The normalized spacial score (nSPS) is 15.8. The van der Waals surface area contributed by atoms with Crippen LogP contribution in [-0.4, -0.2) is 18.6 Å². The average Bonchev–Trinajstić information content (AvgIpc) is 2.48. The van der Waals surface area contributed by atoms with Crippen LogP contribution in [0.5, 0.6) is 5.75 Å². The maximum atomic E-state index is 11.1. The van der Waals surface area contributed by atoms with E-state index in [0.717, 1.165) is 6.42 Å². The standard InChI is InChI=1S/C16H16N2O3/c1-21-13-6-7-15(16(9-13)18(19)20)17-10-12-8-11-4-2-3-5-14(11)12/h2-7,9,12,17H,8,10H2,1H3. The van der Waals surface area contributed by atoms with Crippen LogP contribution >= 0.6 is 0 Å². The summed E-state index contributed by atoms with van der Waals surface area (Å²) in [6.45, 7) is 0.699. The first kappa shape index (κ1) is 13.4. The molecule has 1 aliphatic rings. The molecular weight excluding hydrogens is 268 g/mol. The Bertz CT molecular complexity index is 685. The van der Waals surface area contributed by atoms with E-state index in [1.54, 1.807) is 12.1 Å². The van der Waals surface area contributed by atoms with Gasteiger partial charge in [0.25, 0.3) is 5.69 Å². The molecule has 1 atom stereocenters. The number of nitrogens with one attached hydrogen (secondary N) is 1. The molecule has 0 aliphatic heterocycles. The number of anilines is 1. The molecule has 1 aliphatic carbocycles.